The monoisotopic (exact) mass is 374 g/mol. The fourth-order valence-corrected chi connectivity index (χ4v) is 2.63. The molecule has 0 radical (unpaired) electrons. The number of esters is 2. The average molecular weight is 375 g/mol. The molecule has 0 aromatic carbocycles. The zero-order valence-electron chi connectivity index (χ0n) is 17.1. The highest BCUT2D eigenvalue weighted by Crippen LogP contribution is 2.13. The van der Waals surface area contributed by atoms with Gasteiger partial charge in [0.25, 0.3) is 0 Å². The molecule has 154 valence electrons. The number of hydrogen-bond donors (Lipinski definition) is 0. The van der Waals surface area contributed by atoms with Crippen LogP contribution in [-0.2, 0) is 28.5 Å². The van der Waals surface area contributed by atoms with Crippen LogP contribution in [-0.4, -0.2) is 51.6 Å². The summed E-state index contributed by atoms with van der Waals surface area (Å²) < 4.78 is 21.1. The van der Waals surface area contributed by atoms with Crippen LogP contribution < -0.4 is 0 Å². The Hall–Kier alpha value is -1.14. The van der Waals surface area contributed by atoms with Gasteiger partial charge in [0.05, 0.1) is 38.3 Å². The molecule has 0 fully saturated rings. The predicted molar refractivity (Wildman–Crippen MR) is 101 cm³/mol. The second kappa shape index (κ2) is 17.3. The van der Waals surface area contributed by atoms with Gasteiger partial charge in [-0.25, -0.2) is 0 Å². The van der Waals surface area contributed by atoms with Gasteiger partial charge in [0.1, 0.15) is 13.2 Å². The van der Waals surface area contributed by atoms with E-state index in [1.807, 2.05) is 13.8 Å². The largest absolute Gasteiger partial charge is 0.463 e. The molecule has 0 spiro atoms. The van der Waals surface area contributed by atoms with Gasteiger partial charge < -0.3 is 18.9 Å². The summed E-state index contributed by atoms with van der Waals surface area (Å²) in [5, 5.41) is 0. The van der Waals surface area contributed by atoms with Gasteiger partial charge in [-0.15, -0.1) is 0 Å². The van der Waals surface area contributed by atoms with Crippen molar-refractivity contribution in [2.24, 2.45) is 11.8 Å². The van der Waals surface area contributed by atoms with Crippen molar-refractivity contribution in [1.82, 2.24) is 0 Å². The van der Waals surface area contributed by atoms with E-state index in [1.54, 1.807) is 0 Å². The maximum absolute atomic E-state index is 11.8. The maximum Gasteiger partial charge on any atom is 0.308 e. The molecule has 0 aromatic rings. The minimum absolute atomic E-state index is 0.00400. The van der Waals surface area contributed by atoms with Gasteiger partial charge in [-0.2, -0.15) is 0 Å². The zero-order valence-corrected chi connectivity index (χ0v) is 17.1. The van der Waals surface area contributed by atoms with Gasteiger partial charge in [0.2, 0.25) is 0 Å². The lowest BCUT2D eigenvalue weighted by Gasteiger charge is -2.13. The van der Waals surface area contributed by atoms with Crippen LogP contribution in [0.1, 0.15) is 66.2 Å². The number of hydrogen-bond acceptors (Lipinski definition) is 6. The Morgan fingerprint density at radius 2 is 0.962 bits per heavy atom. The van der Waals surface area contributed by atoms with Crippen LogP contribution in [0.5, 0.6) is 0 Å². The Bertz CT molecular complexity index is 324. The molecular formula is C20H38O6. The first-order valence-corrected chi connectivity index (χ1v) is 10.1. The molecule has 0 rings (SSSR count). The molecule has 0 aromatic heterocycles. The second-order valence-electron chi connectivity index (χ2n) is 6.35. The highest BCUT2D eigenvalue weighted by molar-refractivity contribution is 5.72. The number of carbonyl (C=O) groups excluding carboxylic acids is 2. The van der Waals surface area contributed by atoms with Crippen molar-refractivity contribution in [2.45, 2.75) is 66.2 Å². The van der Waals surface area contributed by atoms with Gasteiger partial charge in [0, 0.05) is 0 Å². The van der Waals surface area contributed by atoms with Gasteiger partial charge in [0.15, 0.2) is 0 Å². The van der Waals surface area contributed by atoms with Crippen molar-refractivity contribution in [3.8, 4) is 0 Å². The summed E-state index contributed by atoms with van der Waals surface area (Å²) in [6.45, 7) is 10.2. The van der Waals surface area contributed by atoms with Crippen molar-refractivity contribution >= 4 is 11.9 Å². The fraction of sp³-hybridized carbons (Fsp3) is 0.900. The van der Waals surface area contributed by atoms with Crippen LogP contribution in [0.3, 0.4) is 0 Å². The van der Waals surface area contributed by atoms with Gasteiger partial charge in [-0.05, 0) is 25.7 Å². The molecule has 0 N–H and O–H groups in total. The fourth-order valence-electron chi connectivity index (χ4n) is 2.63. The van der Waals surface area contributed by atoms with E-state index in [2.05, 4.69) is 13.8 Å². The van der Waals surface area contributed by atoms with E-state index in [-0.39, 0.29) is 37.0 Å². The third-order valence-electron chi connectivity index (χ3n) is 4.24. The first-order valence-electron chi connectivity index (χ1n) is 10.1. The molecule has 6 nitrogen and oxygen atoms in total. The summed E-state index contributed by atoms with van der Waals surface area (Å²) in [6, 6.07) is 0. The molecule has 2 unspecified atom stereocenters. The Morgan fingerprint density at radius 3 is 1.27 bits per heavy atom. The smallest absolute Gasteiger partial charge is 0.308 e. The third-order valence-corrected chi connectivity index (χ3v) is 4.24. The van der Waals surface area contributed by atoms with Crippen molar-refractivity contribution in [3.05, 3.63) is 0 Å². The molecule has 26 heavy (non-hydrogen) atoms. The lowest BCUT2D eigenvalue weighted by atomic mass is 10.0. The molecule has 0 saturated heterocycles. The molecule has 0 aliphatic heterocycles. The summed E-state index contributed by atoms with van der Waals surface area (Å²) in [5.41, 5.74) is 0. The summed E-state index contributed by atoms with van der Waals surface area (Å²) in [4.78, 5) is 23.6. The van der Waals surface area contributed by atoms with E-state index in [1.165, 1.54) is 0 Å². The molecule has 0 bridgehead atoms. The lowest BCUT2D eigenvalue weighted by molar-refractivity contribution is -0.152. The van der Waals surface area contributed by atoms with E-state index >= 15 is 0 Å². The third kappa shape index (κ3) is 12.3. The Morgan fingerprint density at radius 1 is 0.615 bits per heavy atom. The molecular weight excluding hydrogens is 336 g/mol. The standard InChI is InChI=1S/C20H38O6/c1-5-9-17(7-3)19(21)25-15-13-23-11-12-24-14-16-26-20(22)18(8-4)10-6-2/h17-18H,5-16H2,1-4H3. The summed E-state index contributed by atoms with van der Waals surface area (Å²) in [5.74, 6) is -0.278. The Balaban J connectivity index is 3.51. The highest BCUT2D eigenvalue weighted by Gasteiger charge is 2.17. The summed E-state index contributed by atoms with van der Waals surface area (Å²) >= 11 is 0. The van der Waals surface area contributed by atoms with E-state index in [0.717, 1.165) is 38.5 Å². The first-order chi connectivity index (χ1) is 12.6. The van der Waals surface area contributed by atoms with Crippen molar-refractivity contribution in [1.29, 1.82) is 0 Å². The normalized spacial score (nSPS) is 13.2. The number of carbonyl (C=O) groups is 2. The molecule has 0 amide bonds. The van der Waals surface area contributed by atoms with Crippen LogP contribution in [0, 0.1) is 11.8 Å². The topological polar surface area (TPSA) is 71.1 Å². The average Bonchev–Trinajstić information content (AvgIpc) is 2.65. The van der Waals surface area contributed by atoms with Crippen molar-refractivity contribution in [2.75, 3.05) is 39.6 Å². The van der Waals surface area contributed by atoms with Crippen molar-refractivity contribution < 1.29 is 28.5 Å². The predicted octanol–water partition coefficient (Wildman–Crippen LogP) is 3.76. The SMILES string of the molecule is CCCC(CC)C(=O)OCCOCCOCCOC(=O)C(CC)CCC. The minimum atomic E-state index is -0.135. The molecule has 0 aliphatic carbocycles. The van der Waals surface area contributed by atoms with Gasteiger partial charge in [-0.3, -0.25) is 9.59 Å². The molecule has 2 atom stereocenters. The van der Waals surface area contributed by atoms with Crippen LogP contribution in [0.15, 0.2) is 0 Å². The van der Waals surface area contributed by atoms with E-state index in [0.29, 0.717) is 26.4 Å². The van der Waals surface area contributed by atoms with E-state index in [9.17, 15) is 9.59 Å². The lowest BCUT2D eigenvalue weighted by Crippen LogP contribution is -2.20. The maximum atomic E-state index is 11.8. The van der Waals surface area contributed by atoms with Crippen LogP contribution in [0.2, 0.25) is 0 Å². The molecule has 0 heterocycles. The molecule has 0 aliphatic rings. The van der Waals surface area contributed by atoms with Gasteiger partial charge >= 0.3 is 11.9 Å². The quantitative estimate of drug-likeness (QED) is 0.285. The van der Waals surface area contributed by atoms with E-state index in [4.69, 9.17) is 18.9 Å². The highest BCUT2D eigenvalue weighted by atomic mass is 16.6. The van der Waals surface area contributed by atoms with Crippen LogP contribution >= 0.6 is 0 Å². The molecule has 6 heteroatoms. The number of ether oxygens (including phenoxy) is 4. The number of rotatable bonds is 17. The second-order valence-corrected chi connectivity index (χ2v) is 6.35. The zero-order chi connectivity index (χ0) is 19.6. The Labute approximate surface area is 158 Å². The molecule has 0 saturated carbocycles. The van der Waals surface area contributed by atoms with Gasteiger partial charge in [-0.1, -0.05) is 40.5 Å². The minimum Gasteiger partial charge on any atom is -0.463 e. The summed E-state index contributed by atoms with van der Waals surface area (Å²) in [7, 11) is 0. The summed E-state index contributed by atoms with van der Waals surface area (Å²) in [6.07, 6.45) is 5.31. The first kappa shape index (κ1) is 24.9. The van der Waals surface area contributed by atoms with Crippen molar-refractivity contribution in [3.63, 3.8) is 0 Å². The van der Waals surface area contributed by atoms with E-state index < -0.39 is 0 Å². The van der Waals surface area contributed by atoms with Crippen LogP contribution in [0.4, 0.5) is 0 Å². The Kier molecular flexibility index (Phi) is 16.5. The van der Waals surface area contributed by atoms with Crippen LogP contribution in [0.25, 0.3) is 0 Å².